The molecule has 0 aliphatic carbocycles. The van der Waals surface area contributed by atoms with Crippen molar-refractivity contribution in [1.82, 2.24) is 25.5 Å². The number of aromatic amines is 1. The number of nitrogens with two attached hydrogens (primary N) is 3. The van der Waals surface area contributed by atoms with E-state index in [-0.39, 0.29) is 44.1 Å². The number of carbonyl (C=O) groups excluding carboxylic acids is 3. The predicted molar refractivity (Wildman–Crippen MR) is 148 cm³/mol. The highest BCUT2D eigenvalue weighted by Crippen LogP contribution is 2.20. The van der Waals surface area contributed by atoms with Crippen molar-refractivity contribution >= 4 is 29.7 Å². The number of aliphatic carboxylic acids is 1. The van der Waals surface area contributed by atoms with Gasteiger partial charge in [0.05, 0.1) is 12.4 Å². The number of aromatic nitrogens is 2. The van der Waals surface area contributed by atoms with E-state index in [0.717, 1.165) is 5.56 Å². The van der Waals surface area contributed by atoms with Gasteiger partial charge in [-0.3, -0.25) is 19.4 Å². The highest BCUT2D eigenvalue weighted by Gasteiger charge is 2.39. The van der Waals surface area contributed by atoms with Crippen LogP contribution in [0.15, 0.2) is 41.8 Å². The molecule has 1 aromatic carbocycles. The zero-order chi connectivity index (χ0) is 29.9. The molecule has 4 atom stereocenters. The zero-order valence-corrected chi connectivity index (χ0v) is 22.5. The minimum Gasteiger partial charge on any atom is -0.508 e. The molecule has 3 amide bonds. The lowest BCUT2D eigenvalue weighted by Crippen LogP contribution is -2.57. The lowest BCUT2D eigenvalue weighted by molar-refractivity contribution is -0.145. The second-order valence-electron chi connectivity index (χ2n) is 9.86. The number of phenolic OH excluding ortho intramolecular Hbond substituents is 1. The number of imidazole rings is 1. The Kier molecular flexibility index (Phi) is 11.0. The Morgan fingerprint density at radius 3 is 2.49 bits per heavy atom. The third-order valence-electron chi connectivity index (χ3n) is 6.72. The van der Waals surface area contributed by atoms with Crippen LogP contribution in [0.1, 0.15) is 36.9 Å². The zero-order valence-electron chi connectivity index (χ0n) is 22.5. The smallest absolute Gasteiger partial charge is 0.326 e. The van der Waals surface area contributed by atoms with Crippen molar-refractivity contribution in [2.45, 2.75) is 62.7 Å². The number of nitrogens with zero attached hydrogens (tertiary/aromatic N) is 3. The van der Waals surface area contributed by atoms with E-state index in [0.29, 0.717) is 25.0 Å². The van der Waals surface area contributed by atoms with Gasteiger partial charge in [-0.2, -0.15) is 0 Å². The van der Waals surface area contributed by atoms with Gasteiger partial charge in [0.2, 0.25) is 17.7 Å². The summed E-state index contributed by atoms with van der Waals surface area (Å²) in [5, 5.41) is 24.3. The summed E-state index contributed by atoms with van der Waals surface area (Å²) in [6.45, 7) is 0.481. The number of aliphatic imine (C=N–C) groups is 1. The van der Waals surface area contributed by atoms with Gasteiger partial charge in [0.15, 0.2) is 5.96 Å². The molecule has 2 heterocycles. The van der Waals surface area contributed by atoms with Crippen LogP contribution >= 0.6 is 0 Å². The molecule has 4 unspecified atom stereocenters. The summed E-state index contributed by atoms with van der Waals surface area (Å²) in [5.41, 5.74) is 18.1. The first-order valence-corrected chi connectivity index (χ1v) is 13.2. The number of guanidine groups is 1. The molecule has 0 bridgehead atoms. The number of aromatic hydroxyl groups is 1. The van der Waals surface area contributed by atoms with Crippen LogP contribution in [0.25, 0.3) is 0 Å². The molecule has 3 rings (SSSR count). The summed E-state index contributed by atoms with van der Waals surface area (Å²) >= 11 is 0. The van der Waals surface area contributed by atoms with E-state index in [1.807, 2.05) is 0 Å². The lowest BCUT2D eigenvalue weighted by Gasteiger charge is -2.30. The summed E-state index contributed by atoms with van der Waals surface area (Å²) in [7, 11) is 0. The molecule has 11 N–H and O–H groups in total. The van der Waals surface area contributed by atoms with Crippen molar-refractivity contribution in [3.63, 3.8) is 0 Å². The van der Waals surface area contributed by atoms with Gasteiger partial charge in [-0.05, 0) is 49.8 Å². The van der Waals surface area contributed by atoms with Crippen LogP contribution in [0.5, 0.6) is 5.75 Å². The Labute approximate surface area is 236 Å². The van der Waals surface area contributed by atoms with Crippen LogP contribution in [0.4, 0.5) is 0 Å². The van der Waals surface area contributed by atoms with Gasteiger partial charge in [0.25, 0.3) is 0 Å². The molecular weight excluding hydrogens is 534 g/mol. The number of carbonyl (C=O) groups is 4. The minimum atomic E-state index is -1.23. The number of phenols is 1. The maximum atomic E-state index is 13.7. The number of nitrogens with one attached hydrogen (secondary N) is 3. The first kappa shape index (κ1) is 30.9. The average Bonchev–Trinajstić information content (AvgIpc) is 3.63. The number of H-pyrrole nitrogens is 1. The van der Waals surface area contributed by atoms with E-state index < -0.39 is 47.9 Å². The molecule has 0 radical (unpaired) electrons. The molecule has 1 aliphatic rings. The monoisotopic (exact) mass is 571 g/mol. The summed E-state index contributed by atoms with van der Waals surface area (Å²) in [6, 6.07) is 2.12. The van der Waals surface area contributed by atoms with Crippen molar-refractivity contribution in [1.29, 1.82) is 0 Å². The third kappa shape index (κ3) is 9.20. The number of hydrogen-bond donors (Lipinski definition) is 8. The standard InChI is InChI=1S/C26H37N9O6/c27-18(11-15-5-7-17(36)8-6-15)22(37)33-19(3-1-9-31-26(28)29)24(39)35-10-2-4-21(35)23(38)34-20(25(40)41)12-16-13-30-14-32-16/h5-8,13-14,18-21,36H,1-4,9-12,27H2,(H,30,32)(H,33,37)(H,34,38)(H,40,41)(H4,28,29,31). The van der Waals surface area contributed by atoms with Gasteiger partial charge in [0, 0.05) is 31.4 Å². The number of carboxylic acid groups (broad SMARTS) is 1. The molecule has 0 saturated carbocycles. The summed E-state index contributed by atoms with van der Waals surface area (Å²) in [4.78, 5) is 63.6. The quantitative estimate of drug-likeness (QED) is 0.0726. The normalized spacial score (nSPS) is 16.8. The van der Waals surface area contributed by atoms with Gasteiger partial charge < -0.3 is 47.9 Å². The Bertz CT molecular complexity index is 1210. The molecule has 1 aromatic heterocycles. The van der Waals surface area contributed by atoms with E-state index in [2.05, 4.69) is 25.6 Å². The highest BCUT2D eigenvalue weighted by molar-refractivity contribution is 5.94. The van der Waals surface area contributed by atoms with Crippen LogP contribution in [0.3, 0.4) is 0 Å². The second-order valence-corrected chi connectivity index (χ2v) is 9.86. The minimum absolute atomic E-state index is 0.00979. The fourth-order valence-corrected chi connectivity index (χ4v) is 4.61. The first-order valence-electron chi connectivity index (χ1n) is 13.2. The van der Waals surface area contributed by atoms with E-state index in [4.69, 9.17) is 17.2 Å². The fraction of sp³-hybridized carbons (Fsp3) is 0.462. The third-order valence-corrected chi connectivity index (χ3v) is 6.72. The van der Waals surface area contributed by atoms with Gasteiger partial charge in [-0.15, -0.1) is 0 Å². The Balaban J connectivity index is 1.70. The van der Waals surface area contributed by atoms with Crippen molar-refractivity contribution in [3.05, 3.63) is 48.0 Å². The van der Waals surface area contributed by atoms with Crippen molar-refractivity contribution in [2.24, 2.45) is 22.2 Å². The van der Waals surface area contributed by atoms with E-state index in [1.54, 1.807) is 12.1 Å². The molecule has 1 fully saturated rings. The lowest BCUT2D eigenvalue weighted by atomic mass is 10.0. The van der Waals surface area contributed by atoms with Crippen LogP contribution in [-0.2, 0) is 32.0 Å². The van der Waals surface area contributed by atoms with E-state index in [1.165, 1.54) is 29.6 Å². The Morgan fingerprint density at radius 2 is 1.85 bits per heavy atom. The summed E-state index contributed by atoms with van der Waals surface area (Å²) < 4.78 is 0. The maximum Gasteiger partial charge on any atom is 0.326 e. The summed E-state index contributed by atoms with van der Waals surface area (Å²) in [6.07, 6.45) is 4.43. The number of amides is 3. The summed E-state index contributed by atoms with van der Waals surface area (Å²) in [5.74, 6) is -2.90. The second kappa shape index (κ2) is 14.6. The predicted octanol–water partition coefficient (Wildman–Crippen LogP) is -1.67. The largest absolute Gasteiger partial charge is 0.508 e. The van der Waals surface area contributed by atoms with Crippen molar-refractivity contribution in [2.75, 3.05) is 13.1 Å². The number of hydrogen-bond acceptors (Lipinski definition) is 8. The SMILES string of the molecule is NC(N)=NCCCC(NC(=O)C(N)Cc1ccc(O)cc1)C(=O)N1CCCC1C(=O)NC(Cc1cnc[nH]1)C(=O)O. The van der Waals surface area contributed by atoms with Gasteiger partial charge in [0.1, 0.15) is 23.9 Å². The Hall–Kier alpha value is -4.66. The molecule has 1 saturated heterocycles. The van der Waals surface area contributed by atoms with Crippen LogP contribution in [-0.4, -0.2) is 92.0 Å². The molecule has 222 valence electrons. The van der Waals surface area contributed by atoms with Gasteiger partial charge >= 0.3 is 5.97 Å². The molecule has 41 heavy (non-hydrogen) atoms. The topological polar surface area (TPSA) is 255 Å². The average molecular weight is 572 g/mol. The number of likely N-dealkylation sites (tertiary alicyclic amines) is 1. The Morgan fingerprint density at radius 1 is 1.12 bits per heavy atom. The van der Waals surface area contributed by atoms with Gasteiger partial charge in [-0.1, -0.05) is 12.1 Å². The first-order chi connectivity index (χ1) is 19.5. The number of benzene rings is 1. The van der Waals surface area contributed by atoms with Crippen LogP contribution in [0, 0.1) is 0 Å². The van der Waals surface area contributed by atoms with Crippen LogP contribution in [0.2, 0.25) is 0 Å². The maximum absolute atomic E-state index is 13.7. The van der Waals surface area contributed by atoms with E-state index in [9.17, 15) is 29.4 Å². The van der Waals surface area contributed by atoms with E-state index >= 15 is 0 Å². The number of rotatable bonds is 14. The molecule has 0 spiro atoms. The van der Waals surface area contributed by atoms with Crippen molar-refractivity contribution < 1.29 is 29.4 Å². The molecular formula is C26H37N9O6. The molecule has 15 heteroatoms. The molecule has 1 aliphatic heterocycles. The fourth-order valence-electron chi connectivity index (χ4n) is 4.61. The number of carboxylic acids is 1. The van der Waals surface area contributed by atoms with Crippen LogP contribution < -0.4 is 27.8 Å². The van der Waals surface area contributed by atoms with Gasteiger partial charge in [-0.25, -0.2) is 9.78 Å². The van der Waals surface area contributed by atoms with Crippen molar-refractivity contribution in [3.8, 4) is 5.75 Å². The molecule has 2 aromatic rings. The molecule has 15 nitrogen and oxygen atoms in total. The highest BCUT2D eigenvalue weighted by atomic mass is 16.4.